The van der Waals surface area contributed by atoms with Crippen LogP contribution in [0.15, 0.2) is 0 Å². The zero-order valence-electron chi connectivity index (χ0n) is 19.7. The van der Waals surface area contributed by atoms with Crippen LogP contribution in [0.3, 0.4) is 0 Å². The molecular formula is C20H39NaO7S. The summed E-state index contributed by atoms with van der Waals surface area (Å²) in [7, 11) is -5.10. The second-order valence-corrected chi connectivity index (χ2v) is 9.44. The van der Waals surface area contributed by atoms with E-state index in [0.717, 1.165) is 25.7 Å². The third-order valence-corrected chi connectivity index (χ3v) is 7.09. The van der Waals surface area contributed by atoms with E-state index in [1.807, 2.05) is 27.7 Å². The molecule has 0 aliphatic rings. The standard InChI is InChI=1S/C20H38O7S.Na.H/c1-5-9-11-15(7-3)13-20(19(23)24,14-16(8-4)12-10-6-2)17(18(21)22)28(25,26)27;;/h15-17H,5-14H2,1-4H3,(H,21,22)(H,23,24)(H,25,26,27);;/q;+1;-1. The Morgan fingerprint density at radius 1 is 0.897 bits per heavy atom. The van der Waals surface area contributed by atoms with Crippen molar-refractivity contribution in [3.63, 3.8) is 0 Å². The molecule has 0 spiro atoms. The van der Waals surface area contributed by atoms with Gasteiger partial charge in [-0.1, -0.05) is 79.1 Å². The van der Waals surface area contributed by atoms with E-state index in [4.69, 9.17) is 0 Å². The van der Waals surface area contributed by atoms with Gasteiger partial charge in [0, 0.05) is 0 Å². The van der Waals surface area contributed by atoms with Gasteiger partial charge in [-0.15, -0.1) is 0 Å². The van der Waals surface area contributed by atoms with Gasteiger partial charge in [-0.2, -0.15) is 8.42 Å². The Morgan fingerprint density at radius 3 is 1.48 bits per heavy atom. The Balaban J connectivity index is -0.00000364. The minimum absolute atomic E-state index is 0. The Labute approximate surface area is 199 Å². The van der Waals surface area contributed by atoms with Gasteiger partial charge >= 0.3 is 41.5 Å². The number of aliphatic carboxylic acids is 2. The van der Waals surface area contributed by atoms with Gasteiger partial charge in [0.2, 0.25) is 0 Å². The summed E-state index contributed by atoms with van der Waals surface area (Å²) in [5, 5.41) is 17.3. The van der Waals surface area contributed by atoms with Crippen molar-refractivity contribution in [3.8, 4) is 0 Å². The van der Waals surface area contributed by atoms with E-state index in [-0.39, 0.29) is 55.7 Å². The molecule has 0 fully saturated rings. The third kappa shape index (κ3) is 9.68. The number of carboxylic acids is 2. The Kier molecular flexibility index (Phi) is 15.8. The fourth-order valence-corrected chi connectivity index (χ4v) is 5.27. The Hall–Kier alpha value is -0.150. The first-order valence-electron chi connectivity index (χ1n) is 10.4. The number of rotatable bonds is 16. The van der Waals surface area contributed by atoms with Crippen molar-refractivity contribution >= 4 is 22.1 Å². The predicted octanol–water partition coefficient (Wildman–Crippen LogP) is 1.73. The molecule has 0 heterocycles. The normalized spacial score (nSPS) is 16.9. The van der Waals surface area contributed by atoms with Gasteiger partial charge < -0.3 is 11.6 Å². The summed E-state index contributed by atoms with van der Waals surface area (Å²) < 4.78 is 33.7. The van der Waals surface area contributed by atoms with Crippen molar-refractivity contribution < 1.29 is 63.8 Å². The molecule has 0 aromatic carbocycles. The first-order chi connectivity index (χ1) is 13.0. The molecule has 3 N–H and O–H groups in total. The van der Waals surface area contributed by atoms with Gasteiger partial charge in [-0.25, -0.2) is 0 Å². The van der Waals surface area contributed by atoms with Gasteiger partial charge in [0.25, 0.3) is 10.1 Å². The van der Waals surface area contributed by atoms with E-state index in [1.54, 1.807) is 0 Å². The minimum atomic E-state index is -5.10. The average Bonchev–Trinajstić information content (AvgIpc) is 2.59. The first kappa shape index (κ1) is 31.0. The molecule has 0 saturated heterocycles. The zero-order valence-corrected chi connectivity index (χ0v) is 21.5. The van der Waals surface area contributed by atoms with Crippen LogP contribution in [0.2, 0.25) is 0 Å². The van der Waals surface area contributed by atoms with Crippen molar-refractivity contribution in [2.24, 2.45) is 17.3 Å². The molecule has 0 aliphatic carbocycles. The number of carboxylic acid groups (broad SMARTS) is 2. The summed E-state index contributed by atoms with van der Waals surface area (Å²) in [6.45, 7) is 7.80. The summed E-state index contributed by atoms with van der Waals surface area (Å²) in [5.74, 6) is -3.50. The van der Waals surface area contributed by atoms with Crippen LogP contribution < -0.4 is 29.6 Å². The van der Waals surface area contributed by atoms with Crippen molar-refractivity contribution in [3.05, 3.63) is 0 Å². The fraction of sp³-hybridized carbons (Fsp3) is 0.900. The summed E-state index contributed by atoms with van der Waals surface area (Å²) in [4.78, 5) is 24.3. The number of hydrogen-bond donors (Lipinski definition) is 3. The van der Waals surface area contributed by atoms with E-state index < -0.39 is 32.7 Å². The summed E-state index contributed by atoms with van der Waals surface area (Å²) in [5.41, 5.74) is -2.05. The van der Waals surface area contributed by atoms with Gasteiger partial charge in [0.05, 0.1) is 5.41 Å². The SMILES string of the molecule is CCCCC(CC)CC(CC(CC)CCCC)(C(=O)O)C(C(=O)O)S(=O)(=O)O.[H-].[Na+]. The van der Waals surface area contributed by atoms with Gasteiger partial charge in [0.15, 0.2) is 5.25 Å². The van der Waals surface area contributed by atoms with Crippen molar-refractivity contribution in [1.82, 2.24) is 0 Å². The molecule has 3 atom stereocenters. The number of carbonyl (C=O) groups is 2. The summed E-state index contributed by atoms with van der Waals surface area (Å²) in [6.07, 6.45) is 6.02. The van der Waals surface area contributed by atoms with Gasteiger partial charge in [-0.05, 0) is 24.7 Å². The summed E-state index contributed by atoms with van der Waals surface area (Å²) >= 11 is 0. The third-order valence-electron chi connectivity index (χ3n) is 5.84. The van der Waals surface area contributed by atoms with Crippen molar-refractivity contribution in [1.29, 1.82) is 0 Å². The molecule has 0 amide bonds. The Morgan fingerprint density at radius 2 is 1.28 bits per heavy atom. The molecule has 0 radical (unpaired) electrons. The van der Waals surface area contributed by atoms with Crippen LogP contribution in [0.4, 0.5) is 0 Å². The van der Waals surface area contributed by atoms with Crippen LogP contribution in [-0.4, -0.2) is 40.4 Å². The van der Waals surface area contributed by atoms with E-state index in [0.29, 0.717) is 25.7 Å². The van der Waals surface area contributed by atoms with Crippen molar-refractivity contribution in [2.75, 3.05) is 0 Å². The molecule has 0 aliphatic heterocycles. The van der Waals surface area contributed by atoms with Gasteiger partial charge in [-0.3, -0.25) is 14.1 Å². The second-order valence-electron chi connectivity index (χ2n) is 7.94. The molecule has 9 heteroatoms. The monoisotopic (exact) mass is 446 g/mol. The quantitative estimate of drug-likeness (QED) is 0.243. The minimum Gasteiger partial charge on any atom is -1.00 e. The molecule has 0 aromatic rings. The molecule has 29 heavy (non-hydrogen) atoms. The first-order valence-corrected chi connectivity index (χ1v) is 11.9. The molecule has 0 bridgehead atoms. The molecule has 0 rings (SSSR count). The second kappa shape index (κ2) is 14.8. The number of hydrogen-bond acceptors (Lipinski definition) is 4. The smallest absolute Gasteiger partial charge is 1.00 e. The maximum absolute atomic E-state index is 12.4. The number of unbranched alkanes of at least 4 members (excludes halogenated alkanes) is 2. The average molecular weight is 447 g/mol. The van der Waals surface area contributed by atoms with Crippen LogP contribution >= 0.6 is 0 Å². The fourth-order valence-electron chi connectivity index (χ4n) is 4.15. The largest absolute Gasteiger partial charge is 1.00 e. The van der Waals surface area contributed by atoms with Crippen molar-refractivity contribution in [2.45, 2.75) is 97.2 Å². The molecular weight excluding hydrogens is 407 g/mol. The maximum atomic E-state index is 12.4. The predicted molar refractivity (Wildman–Crippen MR) is 110 cm³/mol. The maximum Gasteiger partial charge on any atom is 1.00 e. The van der Waals surface area contributed by atoms with E-state index in [2.05, 4.69) is 0 Å². The molecule has 168 valence electrons. The summed E-state index contributed by atoms with van der Waals surface area (Å²) in [6, 6.07) is 0. The molecule has 0 aromatic heterocycles. The zero-order chi connectivity index (χ0) is 22.0. The Bertz CT molecular complexity index is 580. The van der Waals surface area contributed by atoms with Crippen LogP contribution in [0.5, 0.6) is 0 Å². The molecule has 3 unspecified atom stereocenters. The van der Waals surface area contributed by atoms with E-state index in [1.165, 1.54) is 0 Å². The topological polar surface area (TPSA) is 129 Å². The van der Waals surface area contributed by atoms with Crippen LogP contribution in [0.1, 0.15) is 93.3 Å². The van der Waals surface area contributed by atoms with E-state index in [9.17, 15) is 32.8 Å². The molecule has 0 saturated carbocycles. The van der Waals surface area contributed by atoms with E-state index >= 15 is 0 Å². The van der Waals surface area contributed by atoms with Crippen LogP contribution in [-0.2, 0) is 19.7 Å². The van der Waals surface area contributed by atoms with Gasteiger partial charge in [0.1, 0.15) is 0 Å². The molecule has 7 nitrogen and oxygen atoms in total. The van der Waals surface area contributed by atoms with Crippen LogP contribution in [0.25, 0.3) is 0 Å². The van der Waals surface area contributed by atoms with Crippen LogP contribution in [0, 0.1) is 17.3 Å².